The van der Waals surface area contributed by atoms with Crippen LogP contribution in [0.15, 0.2) is 84.0 Å². The lowest BCUT2D eigenvalue weighted by molar-refractivity contribution is 0.0950. The lowest BCUT2D eigenvalue weighted by atomic mass is 10.1. The monoisotopic (exact) mass is 374 g/mol. The second-order valence-corrected chi connectivity index (χ2v) is 6.14. The van der Waals surface area contributed by atoms with Gasteiger partial charge in [0, 0.05) is 0 Å². The maximum Gasteiger partial charge on any atom is 0.275 e. The molecule has 0 unspecified atom stereocenters. The summed E-state index contributed by atoms with van der Waals surface area (Å²) in [5, 5.41) is 4.21. The molecule has 28 heavy (non-hydrogen) atoms. The topological polar surface area (TPSA) is 59.9 Å². The molecule has 0 heterocycles. The lowest BCUT2D eigenvalue weighted by Gasteiger charge is -2.11. The quantitative estimate of drug-likeness (QED) is 0.492. The molecule has 5 nitrogen and oxygen atoms in total. The summed E-state index contributed by atoms with van der Waals surface area (Å²) < 4.78 is 11.0. The van der Waals surface area contributed by atoms with E-state index < -0.39 is 0 Å². The maximum atomic E-state index is 12.6. The van der Waals surface area contributed by atoms with Gasteiger partial charge in [0.05, 0.1) is 18.4 Å². The number of hydrogen-bond acceptors (Lipinski definition) is 4. The number of para-hydroxylation sites is 1. The predicted molar refractivity (Wildman–Crippen MR) is 110 cm³/mol. The van der Waals surface area contributed by atoms with Crippen molar-refractivity contribution in [3.63, 3.8) is 0 Å². The first-order valence-corrected chi connectivity index (χ1v) is 8.92. The van der Waals surface area contributed by atoms with E-state index >= 15 is 0 Å². The highest BCUT2D eigenvalue weighted by molar-refractivity contribution is 6.01. The van der Waals surface area contributed by atoms with Crippen molar-refractivity contribution in [2.24, 2.45) is 5.10 Å². The summed E-state index contributed by atoms with van der Waals surface area (Å²) in [6.07, 6.45) is 0. The molecule has 3 aromatic rings. The molecule has 142 valence electrons. The van der Waals surface area contributed by atoms with Crippen molar-refractivity contribution in [2.75, 3.05) is 7.11 Å². The Morgan fingerprint density at radius 1 is 0.929 bits per heavy atom. The molecule has 1 amide bonds. The zero-order valence-electron chi connectivity index (χ0n) is 15.9. The number of hydrogen-bond donors (Lipinski definition) is 1. The van der Waals surface area contributed by atoms with Crippen molar-refractivity contribution in [3.8, 4) is 11.5 Å². The first-order chi connectivity index (χ1) is 13.7. The molecule has 0 aliphatic carbocycles. The summed E-state index contributed by atoms with van der Waals surface area (Å²) in [7, 11) is 1.62. The van der Waals surface area contributed by atoms with E-state index in [1.165, 1.54) is 0 Å². The van der Waals surface area contributed by atoms with Gasteiger partial charge >= 0.3 is 0 Å². The van der Waals surface area contributed by atoms with E-state index in [9.17, 15) is 4.79 Å². The van der Waals surface area contributed by atoms with E-state index in [1.54, 1.807) is 25.3 Å². The van der Waals surface area contributed by atoms with Gasteiger partial charge in [0.25, 0.3) is 5.91 Å². The maximum absolute atomic E-state index is 12.6. The molecular formula is C23H22N2O3. The molecule has 0 saturated heterocycles. The summed E-state index contributed by atoms with van der Waals surface area (Å²) in [6, 6.07) is 24.4. The molecule has 0 aliphatic rings. The fourth-order valence-electron chi connectivity index (χ4n) is 2.61. The molecule has 3 aromatic carbocycles. The molecule has 0 saturated carbocycles. The molecule has 0 spiro atoms. The van der Waals surface area contributed by atoms with E-state index in [0.717, 1.165) is 16.9 Å². The number of rotatable bonds is 7. The van der Waals surface area contributed by atoms with Crippen LogP contribution >= 0.6 is 0 Å². The number of benzene rings is 3. The fourth-order valence-corrected chi connectivity index (χ4v) is 2.61. The van der Waals surface area contributed by atoms with Gasteiger partial charge in [-0.1, -0.05) is 42.5 Å². The summed E-state index contributed by atoms with van der Waals surface area (Å²) in [6.45, 7) is 2.22. The van der Waals surface area contributed by atoms with Gasteiger partial charge in [-0.05, 0) is 54.4 Å². The Kier molecular flexibility index (Phi) is 6.41. The van der Waals surface area contributed by atoms with Crippen LogP contribution < -0.4 is 14.9 Å². The number of nitrogens with zero attached hydrogens (tertiary/aromatic N) is 1. The highest BCUT2D eigenvalue weighted by atomic mass is 16.5. The molecule has 0 aliphatic heterocycles. The van der Waals surface area contributed by atoms with Gasteiger partial charge in [-0.2, -0.15) is 5.10 Å². The van der Waals surface area contributed by atoms with Crippen molar-refractivity contribution in [2.45, 2.75) is 13.5 Å². The summed E-state index contributed by atoms with van der Waals surface area (Å²) in [5.41, 5.74) is 5.66. The Balaban J connectivity index is 1.68. The number of ether oxygens (including phenoxy) is 2. The Bertz CT molecular complexity index is 951. The van der Waals surface area contributed by atoms with Crippen LogP contribution in [-0.2, 0) is 6.61 Å². The van der Waals surface area contributed by atoms with E-state index in [-0.39, 0.29) is 5.91 Å². The second kappa shape index (κ2) is 9.37. The van der Waals surface area contributed by atoms with Crippen LogP contribution in [0.1, 0.15) is 28.4 Å². The molecule has 0 fully saturated rings. The highest BCUT2D eigenvalue weighted by Crippen LogP contribution is 2.19. The van der Waals surface area contributed by atoms with E-state index in [1.807, 2.05) is 67.6 Å². The summed E-state index contributed by atoms with van der Waals surface area (Å²) >= 11 is 0. The van der Waals surface area contributed by atoms with Gasteiger partial charge < -0.3 is 9.47 Å². The minimum Gasteiger partial charge on any atom is -0.497 e. The van der Waals surface area contributed by atoms with Crippen molar-refractivity contribution in [1.29, 1.82) is 0 Å². The average molecular weight is 374 g/mol. The normalized spacial score (nSPS) is 11.0. The third-order valence-electron chi connectivity index (χ3n) is 4.20. The minimum absolute atomic E-state index is 0.323. The molecule has 1 N–H and O–H groups in total. The minimum atomic E-state index is -0.323. The number of carbonyl (C=O) groups excluding carboxylic acids is 1. The van der Waals surface area contributed by atoms with Crippen LogP contribution in [0, 0.1) is 0 Å². The number of hydrazone groups is 1. The van der Waals surface area contributed by atoms with Gasteiger partial charge in [-0.25, -0.2) is 5.43 Å². The smallest absolute Gasteiger partial charge is 0.275 e. The molecule has 0 atom stereocenters. The predicted octanol–water partition coefficient (Wildman–Crippen LogP) is 4.43. The van der Waals surface area contributed by atoms with E-state index in [4.69, 9.17) is 9.47 Å². The Morgan fingerprint density at radius 2 is 1.61 bits per heavy atom. The molecule has 0 aromatic heterocycles. The number of nitrogens with one attached hydrogen (secondary N) is 1. The van der Waals surface area contributed by atoms with Crippen LogP contribution in [-0.4, -0.2) is 18.7 Å². The van der Waals surface area contributed by atoms with Crippen LogP contribution in [0.2, 0.25) is 0 Å². The summed E-state index contributed by atoms with van der Waals surface area (Å²) in [4.78, 5) is 12.6. The zero-order valence-corrected chi connectivity index (χ0v) is 15.9. The van der Waals surface area contributed by atoms with Gasteiger partial charge in [-0.3, -0.25) is 4.79 Å². The van der Waals surface area contributed by atoms with Crippen LogP contribution in [0.4, 0.5) is 0 Å². The number of amides is 1. The van der Waals surface area contributed by atoms with E-state index in [0.29, 0.717) is 23.6 Å². The molecule has 0 bridgehead atoms. The van der Waals surface area contributed by atoms with Crippen LogP contribution in [0.3, 0.4) is 0 Å². The molecule has 5 heteroatoms. The SMILES string of the molecule is COc1ccc(C(C)=NNC(=O)c2ccccc2OCc2ccccc2)cc1. The standard InChI is InChI=1S/C23H22N2O3/c1-17(19-12-14-20(27-2)15-13-19)24-25-23(26)21-10-6-7-11-22(21)28-16-18-8-4-3-5-9-18/h3-15H,16H2,1-2H3,(H,25,26). The van der Waals surface area contributed by atoms with E-state index in [2.05, 4.69) is 10.5 Å². The van der Waals surface area contributed by atoms with Gasteiger partial charge in [0.15, 0.2) is 0 Å². The Hall–Kier alpha value is -3.60. The van der Waals surface area contributed by atoms with Crippen molar-refractivity contribution < 1.29 is 14.3 Å². The third kappa shape index (κ3) is 4.98. The number of carbonyl (C=O) groups is 1. The Labute approximate surface area is 164 Å². The largest absolute Gasteiger partial charge is 0.497 e. The molecular weight excluding hydrogens is 352 g/mol. The first-order valence-electron chi connectivity index (χ1n) is 8.92. The molecule has 3 rings (SSSR count). The van der Waals surface area contributed by atoms with Gasteiger partial charge in [0.1, 0.15) is 18.1 Å². The third-order valence-corrected chi connectivity index (χ3v) is 4.20. The van der Waals surface area contributed by atoms with Gasteiger partial charge in [-0.15, -0.1) is 0 Å². The molecule has 0 radical (unpaired) electrons. The summed E-state index contributed by atoms with van der Waals surface area (Å²) in [5.74, 6) is 0.961. The first kappa shape index (κ1) is 19.2. The lowest BCUT2D eigenvalue weighted by Crippen LogP contribution is -2.20. The Morgan fingerprint density at radius 3 is 2.32 bits per heavy atom. The highest BCUT2D eigenvalue weighted by Gasteiger charge is 2.12. The van der Waals surface area contributed by atoms with Gasteiger partial charge in [0.2, 0.25) is 0 Å². The number of methoxy groups -OCH3 is 1. The van der Waals surface area contributed by atoms with Crippen molar-refractivity contribution >= 4 is 11.6 Å². The van der Waals surface area contributed by atoms with Crippen LogP contribution in [0.25, 0.3) is 0 Å². The van der Waals surface area contributed by atoms with Crippen molar-refractivity contribution in [3.05, 3.63) is 95.6 Å². The zero-order chi connectivity index (χ0) is 19.8. The second-order valence-electron chi connectivity index (χ2n) is 6.14. The fraction of sp³-hybridized carbons (Fsp3) is 0.130. The van der Waals surface area contributed by atoms with Crippen LogP contribution in [0.5, 0.6) is 11.5 Å². The van der Waals surface area contributed by atoms with Crippen molar-refractivity contribution in [1.82, 2.24) is 5.43 Å². The average Bonchev–Trinajstić information content (AvgIpc) is 2.76.